The molecular weight excluding hydrogens is 342 g/mol. The van der Waals surface area contributed by atoms with E-state index in [1.165, 1.54) is 19.2 Å². The van der Waals surface area contributed by atoms with E-state index in [4.69, 9.17) is 19.1 Å². The number of aliphatic carboxylic acids is 1. The van der Waals surface area contributed by atoms with Crippen LogP contribution in [0.5, 0.6) is 23.0 Å². The monoisotopic (exact) mass is 359 g/mol. The third-order valence-electron chi connectivity index (χ3n) is 3.85. The van der Waals surface area contributed by atoms with Crippen molar-refractivity contribution in [3.63, 3.8) is 0 Å². The molecule has 0 atom stereocenters. The van der Waals surface area contributed by atoms with Gasteiger partial charge in [0.25, 0.3) is 0 Å². The third kappa shape index (κ3) is 3.64. The van der Waals surface area contributed by atoms with Crippen LogP contribution in [-0.2, 0) is 17.6 Å². The second-order valence-electron chi connectivity index (χ2n) is 5.63. The van der Waals surface area contributed by atoms with Gasteiger partial charge in [-0.25, -0.2) is 4.79 Å². The summed E-state index contributed by atoms with van der Waals surface area (Å²) < 4.78 is 15.3. The second-order valence-corrected chi connectivity index (χ2v) is 5.63. The Balaban J connectivity index is 1.78. The van der Waals surface area contributed by atoms with Crippen molar-refractivity contribution in [2.45, 2.75) is 12.8 Å². The van der Waals surface area contributed by atoms with Crippen LogP contribution in [0.3, 0.4) is 0 Å². The standard InChI is InChI=1S/C18H17NO7/c1-24-15-5-3-10(6-13(15)20)2-4-12-18-14(21)7-11(25-9-17(22)23)8-16(18)26-19-12/h3,5-8,20-21H,2,4,9H2,1H3,(H,22,23). The lowest BCUT2D eigenvalue weighted by atomic mass is 10.0. The largest absolute Gasteiger partial charge is 0.507 e. The van der Waals surface area contributed by atoms with Gasteiger partial charge in [0, 0.05) is 12.1 Å². The Bertz CT molecular complexity index is 948. The van der Waals surface area contributed by atoms with Crippen molar-refractivity contribution in [1.82, 2.24) is 5.16 Å². The molecule has 0 saturated heterocycles. The van der Waals surface area contributed by atoms with Gasteiger partial charge in [0.1, 0.15) is 11.5 Å². The summed E-state index contributed by atoms with van der Waals surface area (Å²) in [6.07, 6.45) is 1.04. The fourth-order valence-electron chi connectivity index (χ4n) is 2.64. The van der Waals surface area contributed by atoms with Gasteiger partial charge in [0.15, 0.2) is 23.7 Å². The zero-order valence-corrected chi connectivity index (χ0v) is 13.9. The number of hydrogen-bond donors (Lipinski definition) is 3. The number of benzene rings is 2. The number of rotatable bonds is 7. The van der Waals surface area contributed by atoms with Gasteiger partial charge in [0.2, 0.25) is 0 Å². The summed E-state index contributed by atoms with van der Waals surface area (Å²) in [5.74, 6) is -0.590. The smallest absolute Gasteiger partial charge is 0.341 e. The van der Waals surface area contributed by atoms with Crippen molar-refractivity contribution >= 4 is 16.9 Å². The molecule has 0 aliphatic carbocycles. The Kier molecular flexibility index (Phi) is 4.83. The Morgan fingerprint density at radius 2 is 1.96 bits per heavy atom. The fourth-order valence-corrected chi connectivity index (χ4v) is 2.64. The molecule has 0 unspecified atom stereocenters. The first-order valence-corrected chi connectivity index (χ1v) is 7.79. The number of carboxylic acid groups (broad SMARTS) is 1. The Hall–Kier alpha value is -3.42. The average molecular weight is 359 g/mol. The highest BCUT2D eigenvalue weighted by atomic mass is 16.5. The van der Waals surface area contributed by atoms with Crippen molar-refractivity contribution < 1.29 is 34.1 Å². The first-order valence-electron chi connectivity index (χ1n) is 7.79. The van der Waals surface area contributed by atoms with Crippen LogP contribution < -0.4 is 9.47 Å². The zero-order valence-electron chi connectivity index (χ0n) is 13.9. The van der Waals surface area contributed by atoms with Crippen molar-refractivity contribution in [2.75, 3.05) is 13.7 Å². The number of aromatic hydroxyl groups is 2. The molecule has 2 aromatic carbocycles. The topological polar surface area (TPSA) is 122 Å². The van der Waals surface area contributed by atoms with Gasteiger partial charge in [-0.3, -0.25) is 0 Å². The van der Waals surface area contributed by atoms with Gasteiger partial charge in [-0.1, -0.05) is 11.2 Å². The van der Waals surface area contributed by atoms with E-state index < -0.39 is 12.6 Å². The molecule has 3 aromatic rings. The van der Waals surface area contributed by atoms with Crippen LogP contribution in [0.2, 0.25) is 0 Å². The zero-order chi connectivity index (χ0) is 18.7. The number of ether oxygens (including phenoxy) is 2. The van der Waals surface area contributed by atoms with Gasteiger partial charge in [-0.2, -0.15) is 0 Å². The number of aromatic nitrogens is 1. The Morgan fingerprint density at radius 1 is 1.15 bits per heavy atom. The van der Waals surface area contributed by atoms with Gasteiger partial charge >= 0.3 is 5.97 Å². The van der Waals surface area contributed by atoms with E-state index in [-0.39, 0.29) is 17.2 Å². The quantitative estimate of drug-likeness (QED) is 0.588. The van der Waals surface area contributed by atoms with E-state index in [1.54, 1.807) is 12.1 Å². The van der Waals surface area contributed by atoms with Crippen LogP contribution in [0.4, 0.5) is 0 Å². The summed E-state index contributed by atoms with van der Waals surface area (Å²) >= 11 is 0. The molecule has 1 aromatic heterocycles. The van der Waals surface area contributed by atoms with Crippen molar-refractivity contribution in [1.29, 1.82) is 0 Å². The number of methoxy groups -OCH3 is 1. The molecule has 0 saturated carbocycles. The highest BCUT2D eigenvalue weighted by Crippen LogP contribution is 2.34. The molecule has 26 heavy (non-hydrogen) atoms. The molecule has 0 aliphatic heterocycles. The van der Waals surface area contributed by atoms with Crippen molar-refractivity contribution in [3.05, 3.63) is 41.6 Å². The number of phenolic OH excluding ortho intramolecular Hbond substituents is 2. The maximum absolute atomic E-state index is 10.6. The Labute approximate surface area is 148 Å². The molecule has 3 rings (SSSR count). The van der Waals surface area contributed by atoms with Crippen LogP contribution in [0.15, 0.2) is 34.9 Å². The lowest BCUT2D eigenvalue weighted by Crippen LogP contribution is -2.09. The maximum Gasteiger partial charge on any atom is 0.341 e. The number of hydrogen-bond acceptors (Lipinski definition) is 7. The third-order valence-corrected chi connectivity index (χ3v) is 3.85. The number of nitrogens with zero attached hydrogens (tertiary/aromatic N) is 1. The highest BCUT2D eigenvalue weighted by molar-refractivity contribution is 5.87. The minimum absolute atomic E-state index is 0.0538. The van der Waals surface area contributed by atoms with E-state index in [2.05, 4.69) is 5.16 Å². The molecule has 0 radical (unpaired) electrons. The molecule has 8 heteroatoms. The van der Waals surface area contributed by atoms with E-state index >= 15 is 0 Å². The van der Waals surface area contributed by atoms with Crippen LogP contribution in [0.1, 0.15) is 11.3 Å². The van der Waals surface area contributed by atoms with Gasteiger partial charge in [-0.05, 0) is 30.5 Å². The first-order chi connectivity index (χ1) is 12.5. The van der Waals surface area contributed by atoms with Crippen LogP contribution in [-0.4, -0.2) is 40.2 Å². The molecule has 0 aliphatic rings. The predicted molar refractivity (Wildman–Crippen MR) is 90.9 cm³/mol. The minimum atomic E-state index is -1.12. The molecule has 0 spiro atoms. The molecule has 8 nitrogen and oxygen atoms in total. The normalized spacial score (nSPS) is 10.8. The summed E-state index contributed by atoms with van der Waals surface area (Å²) in [5, 5.41) is 33.1. The molecule has 1 heterocycles. The van der Waals surface area contributed by atoms with E-state index in [0.29, 0.717) is 35.3 Å². The average Bonchev–Trinajstić information content (AvgIpc) is 3.02. The molecule has 0 fully saturated rings. The van der Waals surface area contributed by atoms with Crippen LogP contribution in [0, 0.1) is 0 Å². The maximum atomic E-state index is 10.6. The first kappa shape index (κ1) is 17.4. The minimum Gasteiger partial charge on any atom is -0.507 e. The van der Waals surface area contributed by atoms with Gasteiger partial charge in [-0.15, -0.1) is 0 Å². The fraction of sp³-hybridized carbons (Fsp3) is 0.222. The Morgan fingerprint density at radius 3 is 2.65 bits per heavy atom. The summed E-state index contributed by atoms with van der Waals surface area (Å²) in [4.78, 5) is 10.6. The summed E-state index contributed by atoms with van der Waals surface area (Å²) in [6, 6.07) is 7.92. The van der Waals surface area contributed by atoms with E-state index in [1.807, 2.05) is 6.07 Å². The molecule has 3 N–H and O–H groups in total. The van der Waals surface area contributed by atoms with Crippen LogP contribution >= 0.6 is 0 Å². The van der Waals surface area contributed by atoms with Gasteiger partial charge in [0.05, 0.1) is 18.2 Å². The predicted octanol–water partition coefficient (Wildman–Crippen LogP) is 2.50. The summed E-state index contributed by atoms with van der Waals surface area (Å²) in [5.41, 5.74) is 1.73. The lowest BCUT2D eigenvalue weighted by molar-refractivity contribution is -0.139. The number of aryl methyl sites for hydroxylation is 2. The molecular formula is C18H17NO7. The van der Waals surface area contributed by atoms with Gasteiger partial charge < -0.3 is 29.3 Å². The molecule has 136 valence electrons. The van der Waals surface area contributed by atoms with Crippen LogP contribution in [0.25, 0.3) is 11.0 Å². The van der Waals surface area contributed by atoms with E-state index in [0.717, 1.165) is 5.56 Å². The van der Waals surface area contributed by atoms with E-state index in [9.17, 15) is 15.0 Å². The SMILES string of the molecule is COc1ccc(CCc2noc3cc(OCC(=O)O)cc(O)c23)cc1O. The number of carboxylic acids is 1. The molecule has 0 amide bonds. The second kappa shape index (κ2) is 7.22. The van der Waals surface area contributed by atoms with Crippen molar-refractivity contribution in [3.8, 4) is 23.0 Å². The number of phenols is 2. The number of fused-ring (bicyclic) bond motifs is 1. The summed E-state index contributed by atoms with van der Waals surface area (Å²) in [6.45, 7) is -0.521. The highest BCUT2D eigenvalue weighted by Gasteiger charge is 2.15. The lowest BCUT2D eigenvalue weighted by Gasteiger charge is -2.06. The van der Waals surface area contributed by atoms with Crippen molar-refractivity contribution in [2.24, 2.45) is 0 Å². The summed E-state index contributed by atoms with van der Waals surface area (Å²) in [7, 11) is 1.48. The number of carbonyl (C=O) groups is 1. The molecule has 0 bridgehead atoms.